The minimum atomic E-state index is -0.186. The molecule has 37 heavy (non-hydrogen) atoms. The Hall–Kier alpha value is -4.63. The number of aromatic nitrogens is 4. The second kappa shape index (κ2) is 11.4. The first-order valence-electron chi connectivity index (χ1n) is 11.8. The lowest BCUT2D eigenvalue weighted by Gasteiger charge is -2.28. The molecule has 12 heteroatoms. The molecule has 0 bridgehead atoms. The Kier molecular flexibility index (Phi) is 7.85. The van der Waals surface area contributed by atoms with Crippen molar-refractivity contribution in [3.63, 3.8) is 0 Å². The molecular weight excluding hydrogens is 470 g/mol. The van der Waals surface area contributed by atoms with Crippen LogP contribution in [0.25, 0.3) is 11.1 Å². The number of pyridine rings is 2. The molecule has 4 rings (SSSR count). The summed E-state index contributed by atoms with van der Waals surface area (Å²) in [7, 11) is 1.85. The molecule has 0 aliphatic carbocycles. The number of amides is 1. The molecule has 1 atom stereocenters. The summed E-state index contributed by atoms with van der Waals surface area (Å²) in [4.78, 5) is 27.8. The SMILES string of the molecule is Cc1ncc(NC(=O)CN2CCCC(C#N)C2)cc1N=C(N)/C(=N/N)c1ccc(-c2cnn(C)c2)cn1. The average molecular weight is 500 g/mol. The van der Waals surface area contributed by atoms with Gasteiger partial charge >= 0.3 is 0 Å². The van der Waals surface area contributed by atoms with Gasteiger partial charge < -0.3 is 16.9 Å². The van der Waals surface area contributed by atoms with Gasteiger partial charge in [-0.3, -0.25) is 24.3 Å². The lowest BCUT2D eigenvalue weighted by Crippen LogP contribution is -2.40. The standard InChI is InChI=1S/C25H29N11O/c1-16-22(8-20(12-29-16)32-23(37)15-36-7-3-4-17(9-26)13-36)33-25(27)24(34-28)21-6-5-18(10-30-21)19-11-31-35(2)14-19/h5-6,8,10-12,14,17H,3-4,7,13,15,28H2,1-2H3,(H2,27,33)(H,32,37)/b34-24+. The number of carbonyl (C=O) groups is 1. The summed E-state index contributed by atoms with van der Waals surface area (Å²) in [5, 5.41) is 20.0. The van der Waals surface area contributed by atoms with Gasteiger partial charge in [0.25, 0.3) is 0 Å². The van der Waals surface area contributed by atoms with E-state index in [2.05, 4.69) is 36.5 Å². The number of hydrogen-bond donors (Lipinski definition) is 3. The summed E-state index contributed by atoms with van der Waals surface area (Å²) < 4.78 is 1.71. The van der Waals surface area contributed by atoms with Crippen LogP contribution in [0.2, 0.25) is 0 Å². The van der Waals surface area contributed by atoms with E-state index in [0.717, 1.165) is 30.5 Å². The second-order valence-electron chi connectivity index (χ2n) is 8.89. The van der Waals surface area contributed by atoms with Gasteiger partial charge in [0.05, 0.1) is 53.7 Å². The highest BCUT2D eigenvalue weighted by Gasteiger charge is 2.21. The Morgan fingerprint density at radius 2 is 2.11 bits per heavy atom. The Morgan fingerprint density at radius 1 is 1.27 bits per heavy atom. The Labute approximate surface area is 214 Å². The normalized spacial score (nSPS) is 16.8. The smallest absolute Gasteiger partial charge is 0.238 e. The van der Waals surface area contributed by atoms with Crippen molar-refractivity contribution in [1.82, 2.24) is 24.6 Å². The zero-order valence-corrected chi connectivity index (χ0v) is 20.8. The number of nitrogens with one attached hydrogen (secondary N) is 1. The van der Waals surface area contributed by atoms with Gasteiger partial charge in [0.1, 0.15) is 0 Å². The molecule has 3 aromatic rings. The number of nitrogens with zero attached hydrogens (tertiary/aromatic N) is 8. The third-order valence-corrected chi connectivity index (χ3v) is 6.06. The number of carbonyl (C=O) groups excluding carboxylic acids is 1. The van der Waals surface area contributed by atoms with E-state index < -0.39 is 0 Å². The first-order valence-corrected chi connectivity index (χ1v) is 11.8. The summed E-state index contributed by atoms with van der Waals surface area (Å²) >= 11 is 0. The minimum Gasteiger partial charge on any atom is -0.382 e. The molecule has 0 radical (unpaired) electrons. The number of piperidine rings is 1. The van der Waals surface area contributed by atoms with E-state index in [1.54, 1.807) is 42.3 Å². The molecule has 12 nitrogen and oxygen atoms in total. The molecular formula is C25H29N11O. The van der Waals surface area contributed by atoms with Crippen LogP contribution in [0.15, 0.2) is 53.1 Å². The van der Waals surface area contributed by atoms with Crippen LogP contribution in [0.1, 0.15) is 24.2 Å². The number of hydrazone groups is 1. The van der Waals surface area contributed by atoms with Crippen molar-refractivity contribution < 1.29 is 4.79 Å². The average Bonchev–Trinajstić information content (AvgIpc) is 3.33. The summed E-state index contributed by atoms with van der Waals surface area (Å²) in [6.07, 6.45) is 8.67. The lowest BCUT2D eigenvalue weighted by molar-refractivity contribution is -0.117. The van der Waals surface area contributed by atoms with E-state index in [1.807, 2.05) is 24.2 Å². The van der Waals surface area contributed by atoms with Crippen molar-refractivity contribution in [2.45, 2.75) is 19.8 Å². The van der Waals surface area contributed by atoms with Crippen molar-refractivity contribution in [3.8, 4) is 17.2 Å². The van der Waals surface area contributed by atoms with Crippen molar-refractivity contribution in [2.75, 3.05) is 25.0 Å². The molecule has 190 valence electrons. The van der Waals surface area contributed by atoms with E-state index in [4.69, 9.17) is 16.8 Å². The zero-order valence-electron chi connectivity index (χ0n) is 20.8. The summed E-state index contributed by atoms with van der Waals surface area (Å²) in [5.74, 6) is 5.47. The Balaban J connectivity index is 1.47. The highest BCUT2D eigenvalue weighted by molar-refractivity contribution is 6.46. The van der Waals surface area contributed by atoms with E-state index >= 15 is 0 Å². The minimum absolute atomic E-state index is 0.0362. The third-order valence-electron chi connectivity index (χ3n) is 6.06. The molecule has 0 aromatic carbocycles. The van der Waals surface area contributed by atoms with Crippen LogP contribution in [0, 0.1) is 24.2 Å². The van der Waals surface area contributed by atoms with Crippen LogP contribution in [-0.4, -0.2) is 61.7 Å². The number of likely N-dealkylation sites (tertiary alicyclic amines) is 1. The molecule has 1 fully saturated rings. The van der Waals surface area contributed by atoms with Gasteiger partial charge in [0.15, 0.2) is 11.5 Å². The molecule has 1 aliphatic heterocycles. The molecule has 1 aliphatic rings. The van der Waals surface area contributed by atoms with Gasteiger partial charge in [0.2, 0.25) is 5.91 Å². The van der Waals surface area contributed by atoms with Crippen LogP contribution in [0.5, 0.6) is 0 Å². The van der Waals surface area contributed by atoms with E-state index in [1.165, 1.54) is 0 Å². The maximum absolute atomic E-state index is 12.6. The highest BCUT2D eigenvalue weighted by atomic mass is 16.2. The molecule has 0 saturated carbocycles. The number of hydrogen-bond acceptors (Lipinski definition) is 9. The van der Waals surface area contributed by atoms with Crippen LogP contribution < -0.4 is 16.9 Å². The van der Waals surface area contributed by atoms with Gasteiger partial charge in [-0.1, -0.05) is 6.07 Å². The quantitative estimate of drug-likeness (QED) is 0.190. The Morgan fingerprint density at radius 3 is 2.78 bits per heavy atom. The molecule has 5 N–H and O–H groups in total. The number of nitrogens with two attached hydrogens (primary N) is 2. The van der Waals surface area contributed by atoms with Crippen LogP contribution in [-0.2, 0) is 11.8 Å². The molecule has 0 spiro atoms. The van der Waals surface area contributed by atoms with Gasteiger partial charge in [0, 0.05) is 37.1 Å². The molecule has 1 unspecified atom stereocenters. The van der Waals surface area contributed by atoms with Crippen LogP contribution >= 0.6 is 0 Å². The molecule has 1 saturated heterocycles. The number of nitriles is 1. The van der Waals surface area contributed by atoms with E-state index in [-0.39, 0.29) is 29.9 Å². The van der Waals surface area contributed by atoms with Crippen molar-refractivity contribution >= 4 is 28.8 Å². The predicted molar refractivity (Wildman–Crippen MR) is 141 cm³/mol. The van der Waals surface area contributed by atoms with E-state index in [0.29, 0.717) is 29.3 Å². The fraction of sp³-hybridized carbons (Fsp3) is 0.320. The Bertz CT molecular complexity index is 1370. The first-order chi connectivity index (χ1) is 17.9. The first kappa shape index (κ1) is 25.5. The van der Waals surface area contributed by atoms with Crippen molar-refractivity contribution in [1.29, 1.82) is 5.26 Å². The van der Waals surface area contributed by atoms with E-state index in [9.17, 15) is 4.79 Å². The zero-order chi connectivity index (χ0) is 26.4. The number of amidine groups is 1. The number of rotatable bonds is 7. The van der Waals surface area contributed by atoms with Gasteiger partial charge in [-0.25, -0.2) is 4.99 Å². The third kappa shape index (κ3) is 6.33. The molecule has 1 amide bonds. The van der Waals surface area contributed by atoms with Crippen LogP contribution in [0.4, 0.5) is 11.4 Å². The summed E-state index contributed by atoms with van der Waals surface area (Å²) in [6.45, 7) is 3.38. The van der Waals surface area contributed by atoms with Gasteiger partial charge in [-0.05, 0) is 38.4 Å². The highest BCUT2D eigenvalue weighted by Crippen LogP contribution is 2.22. The maximum Gasteiger partial charge on any atom is 0.238 e. The second-order valence-corrected chi connectivity index (χ2v) is 8.89. The largest absolute Gasteiger partial charge is 0.382 e. The van der Waals surface area contributed by atoms with Gasteiger partial charge in [-0.2, -0.15) is 15.5 Å². The number of aryl methyl sites for hydroxylation is 2. The van der Waals surface area contributed by atoms with Gasteiger partial charge in [-0.15, -0.1) is 0 Å². The fourth-order valence-corrected chi connectivity index (χ4v) is 4.13. The van der Waals surface area contributed by atoms with Crippen molar-refractivity contribution in [2.24, 2.45) is 34.6 Å². The number of anilines is 1. The maximum atomic E-state index is 12.6. The molecule has 3 aromatic heterocycles. The monoisotopic (exact) mass is 499 g/mol. The number of aliphatic imine (C=N–C) groups is 1. The predicted octanol–water partition coefficient (Wildman–Crippen LogP) is 1.71. The summed E-state index contributed by atoms with van der Waals surface area (Å²) in [6, 6.07) is 7.61. The van der Waals surface area contributed by atoms with Crippen molar-refractivity contribution in [3.05, 3.63) is 54.4 Å². The molecule has 4 heterocycles. The summed E-state index contributed by atoms with van der Waals surface area (Å²) in [5.41, 5.74) is 10.3. The topological polar surface area (TPSA) is 176 Å². The fourth-order valence-electron chi connectivity index (χ4n) is 4.13. The van der Waals surface area contributed by atoms with Crippen LogP contribution in [0.3, 0.4) is 0 Å². The lowest BCUT2D eigenvalue weighted by atomic mass is 10.00.